The number of anilines is 1. The summed E-state index contributed by atoms with van der Waals surface area (Å²) >= 11 is 0. The number of aromatic nitrogens is 2. The molecule has 0 amide bonds. The van der Waals surface area contributed by atoms with E-state index < -0.39 is 0 Å². The maximum absolute atomic E-state index is 9.16. The second kappa shape index (κ2) is 6.89. The normalized spacial score (nSPS) is 11.9. The Morgan fingerprint density at radius 2 is 2.17 bits per heavy atom. The summed E-state index contributed by atoms with van der Waals surface area (Å²) in [6.45, 7) is 4.12. The number of hydrogen-bond donors (Lipinski definition) is 2. The van der Waals surface area contributed by atoms with Gasteiger partial charge < -0.3 is 15.2 Å². The van der Waals surface area contributed by atoms with Gasteiger partial charge in [0.05, 0.1) is 18.3 Å². The lowest BCUT2D eigenvalue weighted by Gasteiger charge is -2.18. The van der Waals surface area contributed by atoms with Crippen molar-refractivity contribution in [3.05, 3.63) is 16.8 Å². The van der Waals surface area contributed by atoms with Crippen LogP contribution in [0.1, 0.15) is 23.2 Å². The second-order valence-corrected chi connectivity index (χ2v) is 4.05. The van der Waals surface area contributed by atoms with Gasteiger partial charge in [-0.1, -0.05) is 0 Å². The van der Waals surface area contributed by atoms with Gasteiger partial charge in [-0.25, -0.2) is 0 Å². The highest BCUT2D eigenvalue weighted by atomic mass is 16.5. The molecule has 18 heavy (non-hydrogen) atoms. The number of aryl methyl sites for hydroxylation is 1. The largest absolute Gasteiger partial charge is 0.396 e. The molecule has 0 spiro atoms. The molecule has 0 aliphatic heterocycles. The Bertz CT molecular complexity index is 436. The average molecular weight is 250 g/mol. The fourth-order valence-electron chi connectivity index (χ4n) is 1.59. The third-order valence-electron chi connectivity index (χ3n) is 2.75. The molecule has 1 rings (SSSR count). The molecule has 0 bridgehead atoms. The lowest BCUT2D eigenvalue weighted by molar-refractivity contribution is 0.170. The summed E-state index contributed by atoms with van der Waals surface area (Å²) in [5.41, 5.74) is 2.04. The average Bonchev–Trinajstić information content (AvgIpc) is 2.35. The lowest BCUT2D eigenvalue weighted by Crippen LogP contribution is -2.27. The quantitative estimate of drug-likeness (QED) is 0.775. The highest BCUT2D eigenvalue weighted by Gasteiger charge is 2.15. The van der Waals surface area contributed by atoms with Gasteiger partial charge in [0.2, 0.25) is 0 Å². The molecule has 0 saturated heterocycles. The van der Waals surface area contributed by atoms with Crippen molar-refractivity contribution in [3.63, 3.8) is 0 Å². The van der Waals surface area contributed by atoms with Crippen LogP contribution in [0, 0.1) is 25.2 Å². The van der Waals surface area contributed by atoms with E-state index in [2.05, 4.69) is 21.6 Å². The SMILES string of the molecule is COCC(CCO)Nc1nnc(C)c(C)c1C#N. The highest BCUT2D eigenvalue weighted by Crippen LogP contribution is 2.18. The van der Waals surface area contributed by atoms with Crippen LogP contribution in [0.4, 0.5) is 5.82 Å². The molecule has 0 fully saturated rings. The van der Waals surface area contributed by atoms with Gasteiger partial charge in [0, 0.05) is 13.7 Å². The van der Waals surface area contributed by atoms with E-state index in [1.165, 1.54) is 0 Å². The first-order valence-electron chi connectivity index (χ1n) is 5.74. The molecule has 0 radical (unpaired) electrons. The number of nitriles is 1. The summed E-state index contributed by atoms with van der Waals surface area (Å²) in [4.78, 5) is 0. The first kappa shape index (κ1) is 14.4. The van der Waals surface area contributed by atoms with Crippen molar-refractivity contribution in [1.29, 1.82) is 5.26 Å². The summed E-state index contributed by atoms with van der Waals surface area (Å²) in [6.07, 6.45) is 0.521. The Balaban J connectivity index is 2.96. The minimum atomic E-state index is -0.0940. The number of rotatable bonds is 6. The minimum Gasteiger partial charge on any atom is -0.396 e. The van der Waals surface area contributed by atoms with Crippen LogP contribution in [0.15, 0.2) is 0 Å². The van der Waals surface area contributed by atoms with Crippen molar-refractivity contribution in [2.24, 2.45) is 0 Å². The van der Waals surface area contributed by atoms with E-state index in [4.69, 9.17) is 15.1 Å². The Hall–Kier alpha value is -1.71. The molecule has 0 aromatic carbocycles. The molecule has 6 heteroatoms. The van der Waals surface area contributed by atoms with Crippen molar-refractivity contribution in [2.45, 2.75) is 26.3 Å². The van der Waals surface area contributed by atoms with Gasteiger partial charge in [-0.05, 0) is 25.8 Å². The zero-order chi connectivity index (χ0) is 13.5. The van der Waals surface area contributed by atoms with E-state index in [-0.39, 0.29) is 12.6 Å². The van der Waals surface area contributed by atoms with Crippen molar-refractivity contribution in [2.75, 3.05) is 25.6 Å². The third kappa shape index (κ3) is 3.39. The fourth-order valence-corrected chi connectivity index (χ4v) is 1.59. The van der Waals surface area contributed by atoms with Crippen molar-refractivity contribution in [3.8, 4) is 6.07 Å². The smallest absolute Gasteiger partial charge is 0.167 e. The standard InChI is InChI=1S/C12H18N4O2/c1-8-9(2)15-16-12(11(8)6-13)14-10(4-5-17)7-18-3/h10,17H,4-5,7H2,1-3H3,(H,14,16). The van der Waals surface area contributed by atoms with Gasteiger partial charge >= 0.3 is 0 Å². The number of aliphatic hydroxyl groups is 1. The number of methoxy groups -OCH3 is 1. The molecule has 1 unspecified atom stereocenters. The molecule has 1 aromatic rings. The molecule has 6 nitrogen and oxygen atoms in total. The number of ether oxygens (including phenoxy) is 1. The van der Waals surface area contributed by atoms with Gasteiger partial charge in [-0.2, -0.15) is 10.4 Å². The molecular formula is C12H18N4O2. The summed E-state index contributed by atoms with van der Waals surface area (Å²) < 4.78 is 5.05. The van der Waals surface area contributed by atoms with Crippen LogP contribution in [-0.4, -0.2) is 41.7 Å². The zero-order valence-corrected chi connectivity index (χ0v) is 10.9. The summed E-state index contributed by atoms with van der Waals surface area (Å²) in [7, 11) is 1.59. The van der Waals surface area contributed by atoms with Crippen molar-refractivity contribution >= 4 is 5.82 Å². The fraction of sp³-hybridized carbons (Fsp3) is 0.583. The van der Waals surface area contributed by atoms with E-state index in [0.29, 0.717) is 24.4 Å². The molecule has 98 valence electrons. The molecule has 0 aliphatic carbocycles. The Morgan fingerprint density at radius 1 is 1.44 bits per heavy atom. The van der Waals surface area contributed by atoms with Gasteiger partial charge in [-0.15, -0.1) is 5.10 Å². The zero-order valence-electron chi connectivity index (χ0n) is 10.9. The maximum Gasteiger partial charge on any atom is 0.167 e. The molecule has 0 aliphatic rings. The predicted molar refractivity (Wildman–Crippen MR) is 67.2 cm³/mol. The second-order valence-electron chi connectivity index (χ2n) is 4.05. The number of hydrogen-bond acceptors (Lipinski definition) is 6. The molecular weight excluding hydrogens is 232 g/mol. The Morgan fingerprint density at radius 3 is 2.72 bits per heavy atom. The van der Waals surface area contributed by atoms with Gasteiger partial charge in [-0.3, -0.25) is 0 Å². The van der Waals surface area contributed by atoms with Crippen LogP contribution in [0.25, 0.3) is 0 Å². The third-order valence-corrected chi connectivity index (χ3v) is 2.75. The van der Waals surface area contributed by atoms with E-state index in [0.717, 1.165) is 11.3 Å². The highest BCUT2D eigenvalue weighted by molar-refractivity contribution is 5.56. The van der Waals surface area contributed by atoms with E-state index in [9.17, 15) is 0 Å². The molecule has 0 saturated carbocycles. The van der Waals surface area contributed by atoms with Gasteiger partial charge in [0.15, 0.2) is 5.82 Å². The van der Waals surface area contributed by atoms with Crippen molar-refractivity contribution in [1.82, 2.24) is 10.2 Å². The van der Waals surface area contributed by atoms with Gasteiger partial charge in [0.25, 0.3) is 0 Å². The maximum atomic E-state index is 9.16. The summed E-state index contributed by atoms with van der Waals surface area (Å²) in [5.74, 6) is 0.441. The van der Waals surface area contributed by atoms with E-state index in [1.807, 2.05) is 13.8 Å². The summed E-state index contributed by atoms with van der Waals surface area (Å²) in [5, 5.41) is 29.2. The summed E-state index contributed by atoms with van der Waals surface area (Å²) in [6, 6.07) is 2.03. The molecule has 1 atom stereocenters. The topological polar surface area (TPSA) is 91.1 Å². The molecule has 2 N–H and O–H groups in total. The first-order chi connectivity index (χ1) is 8.63. The monoisotopic (exact) mass is 250 g/mol. The first-order valence-corrected chi connectivity index (χ1v) is 5.74. The van der Waals surface area contributed by atoms with E-state index in [1.54, 1.807) is 7.11 Å². The minimum absolute atomic E-state index is 0.0428. The van der Waals surface area contributed by atoms with Crippen LogP contribution in [-0.2, 0) is 4.74 Å². The number of aliphatic hydroxyl groups excluding tert-OH is 1. The van der Waals surface area contributed by atoms with Crippen LogP contribution in [0.5, 0.6) is 0 Å². The Labute approximate surface area is 107 Å². The molecule has 1 heterocycles. The number of nitrogens with one attached hydrogen (secondary N) is 1. The number of nitrogens with zero attached hydrogens (tertiary/aromatic N) is 3. The Kier molecular flexibility index (Phi) is 5.49. The van der Waals surface area contributed by atoms with Crippen LogP contribution < -0.4 is 5.32 Å². The molecule has 1 aromatic heterocycles. The predicted octanol–water partition coefficient (Wildman–Crippen LogP) is 0.774. The lowest BCUT2D eigenvalue weighted by atomic mass is 10.1. The van der Waals surface area contributed by atoms with Crippen LogP contribution >= 0.6 is 0 Å². The van der Waals surface area contributed by atoms with Crippen molar-refractivity contribution < 1.29 is 9.84 Å². The van der Waals surface area contributed by atoms with Crippen LogP contribution in [0.2, 0.25) is 0 Å². The van der Waals surface area contributed by atoms with Crippen LogP contribution in [0.3, 0.4) is 0 Å². The van der Waals surface area contributed by atoms with Gasteiger partial charge in [0.1, 0.15) is 11.6 Å². The van der Waals surface area contributed by atoms with E-state index >= 15 is 0 Å².